The summed E-state index contributed by atoms with van der Waals surface area (Å²) in [5.41, 5.74) is 2.24. The highest BCUT2D eigenvalue weighted by atomic mass is 16.8. The highest BCUT2D eigenvalue weighted by Crippen LogP contribution is 1.37. The minimum atomic E-state index is 1.26. The topological polar surface area (TPSA) is 43.6 Å². The lowest BCUT2D eigenvalue weighted by Crippen LogP contribution is -1.90. The van der Waals surface area contributed by atoms with Gasteiger partial charge < -0.3 is 0 Å². The minimum absolute atomic E-state index is 1.26. The van der Waals surface area contributed by atoms with E-state index in [1.807, 2.05) is 0 Å². The van der Waals surface area contributed by atoms with Crippen molar-refractivity contribution in [3.63, 3.8) is 0 Å². The van der Waals surface area contributed by atoms with E-state index in [4.69, 9.17) is 5.21 Å². The Morgan fingerprint density at radius 2 is 2.25 bits per heavy atom. The molecule has 3 heteroatoms. The van der Waals surface area contributed by atoms with E-state index in [9.17, 15) is 0 Å². The SMILES string of the molecule is CO[N]O. The molecular weight excluding hydrogens is 58.0 g/mol. The average molecular weight is 62.0 g/mol. The van der Waals surface area contributed by atoms with Crippen molar-refractivity contribution in [1.29, 1.82) is 0 Å². The first-order chi connectivity index (χ1) is 1.91. The summed E-state index contributed by atoms with van der Waals surface area (Å²) in [5.74, 6) is 0. The fourth-order valence-electron chi connectivity index (χ4n) is 0. The zero-order valence-corrected chi connectivity index (χ0v) is 2.30. The van der Waals surface area contributed by atoms with E-state index in [1.165, 1.54) is 7.11 Å². The average Bonchev–Trinajstić information content (AvgIpc) is 1.37. The molecule has 0 rings (SSSR count). The molecule has 0 fully saturated rings. The molecule has 4 heavy (non-hydrogen) atoms. The van der Waals surface area contributed by atoms with Crippen LogP contribution < -0.4 is 5.64 Å². The molecule has 0 aliphatic heterocycles. The maximum absolute atomic E-state index is 7.28. The van der Waals surface area contributed by atoms with Gasteiger partial charge in [-0.3, -0.25) is 10.0 Å². The molecule has 0 spiro atoms. The second-order valence-electron chi connectivity index (χ2n) is 0.264. The lowest BCUT2D eigenvalue weighted by atomic mass is 11.7. The van der Waals surface area contributed by atoms with Gasteiger partial charge in [-0.05, 0) is 0 Å². The van der Waals surface area contributed by atoms with Crippen LogP contribution in [0.4, 0.5) is 0 Å². The van der Waals surface area contributed by atoms with Crippen molar-refractivity contribution in [2.75, 3.05) is 7.11 Å². The van der Waals surface area contributed by atoms with Gasteiger partial charge in [-0.15, -0.1) is 0 Å². The Balaban J connectivity index is 1.97. The van der Waals surface area contributed by atoms with Gasteiger partial charge in [0.2, 0.25) is 0 Å². The van der Waals surface area contributed by atoms with E-state index in [-0.39, 0.29) is 0 Å². The zero-order valence-electron chi connectivity index (χ0n) is 2.30. The van der Waals surface area contributed by atoms with E-state index >= 15 is 0 Å². The van der Waals surface area contributed by atoms with Crippen molar-refractivity contribution in [2.45, 2.75) is 0 Å². The summed E-state index contributed by atoms with van der Waals surface area (Å²) in [6, 6.07) is 0. The molecule has 0 aromatic rings. The van der Waals surface area contributed by atoms with Gasteiger partial charge in [-0.2, -0.15) is 0 Å². The fraction of sp³-hybridized carbons (Fsp3) is 1.00. The van der Waals surface area contributed by atoms with E-state index < -0.39 is 0 Å². The van der Waals surface area contributed by atoms with Crippen LogP contribution in [-0.2, 0) is 4.84 Å². The molecule has 0 aliphatic carbocycles. The van der Waals surface area contributed by atoms with Gasteiger partial charge >= 0.3 is 0 Å². The van der Waals surface area contributed by atoms with Crippen LogP contribution in [0.2, 0.25) is 0 Å². The summed E-state index contributed by atoms with van der Waals surface area (Å²) in [6.07, 6.45) is 0. The van der Waals surface area contributed by atoms with Crippen LogP contribution in [0.5, 0.6) is 0 Å². The Bertz CT molecular complexity index is 8.00. The molecule has 0 bridgehead atoms. The van der Waals surface area contributed by atoms with E-state index in [0.29, 0.717) is 0 Å². The lowest BCUT2D eigenvalue weighted by Gasteiger charge is -1.73. The van der Waals surface area contributed by atoms with E-state index in [0.717, 1.165) is 0 Å². The maximum atomic E-state index is 7.28. The molecule has 0 aliphatic rings. The second-order valence-corrected chi connectivity index (χ2v) is 0.264. The molecule has 0 saturated carbocycles. The van der Waals surface area contributed by atoms with Crippen LogP contribution in [0.1, 0.15) is 0 Å². The van der Waals surface area contributed by atoms with Crippen molar-refractivity contribution < 1.29 is 10.0 Å². The maximum Gasteiger partial charge on any atom is 0.0619 e. The molecule has 0 amide bonds. The second kappa shape index (κ2) is 2.88. The molecule has 1 radical (unpaired) electrons. The van der Waals surface area contributed by atoms with Gasteiger partial charge in [0.25, 0.3) is 0 Å². The van der Waals surface area contributed by atoms with Gasteiger partial charge in [-0.1, -0.05) is 0 Å². The number of nitrogens with zero attached hydrogens (tertiary/aromatic N) is 1. The van der Waals surface area contributed by atoms with Crippen LogP contribution in [0.3, 0.4) is 0 Å². The van der Waals surface area contributed by atoms with Gasteiger partial charge in [0, 0.05) is 0 Å². The predicted octanol–water partition coefficient (Wildman–Crippen LogP) is -0.459. The van der Waals surface area contributed by atoms with E-state index in [2.05, 4.69) is 10.5 Å². The van der Waals surface area contributed by atoms with Crippen LogP contribution >= 0.6 is 0 Å². The van der Waals surface area contributed by atoms with Crippen molar-refractivity contribution >= 4 is 0 Å². The number of hydrogen-bond acceptors (Lipinski definition) is 2. The lowest BCUT2D eigenvalue weighted by molar-refractivity contribution is -0.112. The number of hydrogen-bond donors (Lipinski definition) is 1. The predicted molar refractivity (Wildman–Crippen MR) is 10.9 cm³/mol. The molecular formula is CH4NO2. The van der Waals surface area contributed by atoms with Gasteiger partial charge in [-0.25, -0.2) is 0 Å². The van der Waals surface area contributed by atoms with Crippen LogP contribution in [0, 0.1) is 0 Å². The van der Waals surface area contributed by atoms with Gasteiger partial charge in [0.15, 0.2) is 0 Å². The summed E-state index contributed by atoms with van der Waals surface area (Å²) < 4.78 is 0. The number of rotatable bonds is 1. The highest BCUT2D eigenvalue weighted by molar-refractivity contribution is 3.48. The summed E-state index contributed by atoms with van der Waals surface area (Å²) >= 11 is 0. The molecule has 0 atom stereocenters. The Hall–Kier alpha value is -0.120. The third-order valence-corrected chi connectivity index (χ3v) is 0.0816. The van der Waals surface area contributed by atoms with Crippen LogP contribution in [0.25, 0.3) is 0 Å². The molecule has 25 valence electrons. The van der Waals surface area contributed by atoms with Crippen molar-refractivity contribution in [1.82, 2.24) is 5.64 Å². The molecule has 0 heterocycles. The van der Waals surface area contributed by atoms with Crippen molar-refractivity contribution in [3.8, 4) is 0 Å². The summed E-state index contributed by atoms with van der Waals surface area (Å²) in [7, 11) is 1.26. The molecule has 3 nitrogen and oxygen atoms in total. The Labute approximate surface area is 24.1 Å². The third-order valence-electron chi connectivity index (χ3n) is 0.0816. The van der Waals surface area contributed by atoms with Gasteiger partial charge in [0.1, 0.15) is 0 Å². The monoisotopic (exact) mass is 62.0 g/mol. The molecule has 0 aromatic heterocycles. The third kappa shape index (κ3) is 1.88. The van der Waals surface area contributed by atoms with E-state index in [1.54, 1.807) is 0 Å². The van der Waals surface area contributed by atoms with Gasteiger partial charge in [0.05, 0.1) is 12.8 Å². The Kier molecular flexibility index (Phi) is 2.79. The fourth-order valence-corrected chi connectivity index (χ4v) is 0. The first-order valence-electron chi connectivity index (χ1n) is 0.791. The normalized spacial score (nSPS) is 7.50. The summed E-state index contributed by atoms with van der Waals surface area (Å²) in [6.45, 7) is 0. The largest absolute Gasteiger partial charge is 0.272 e. The quantitative estimate of drug-likeness (QED) is 0.418. The van der Waals surface area contributed by atoms with Crippen LogP contribution in [0.15, 0.2) is 0 Å². The molecule has 0 saturated heterocycles. The van der Waals surface area contributed by atoms with Crippen molar-refractivity contribution in [3.05, 3.63) is 0 Å². The Morgan fingerprint density at radius 1 is 2.00 bits per heavy atom. The van der Waals surface area contributed by atoms with Crippen LogP contribution in [-0.4, -0.2) is 12.3 Å². The van der Waals surface area contributed by atoms with Crippen molar-refractivity contribution in [2.24, 2.45) is 0 Å². The molecule has 1 N–H and O–H groups in total. The zero-order chi connectivity index (χ0) is 3.41. The standard InChI is InChI=1S/CH4NO2/c1-4-2-3/h3H,1H3. The molecule has 0 aromatic carbocycles. The first-order valence-corrected chi connectivity index (χ1v) is 0.791. The smallest absolute Gasteiger partial charge is 0.0619 e. The molecule has 0 unspecified atom stereocenters. The first kappa shape index (κ1) is 3.88. The summed E-state index contributed by atoms with van der Waals surface area (Å²) in [4.78, 5) is 3.72. The highest BCUT2D eigenvalue weighted by Gasteiger charge is 1.53. The Morgan fingerprint density at radius 3 is 2.25 bits per heavy atom. The summed E-state index contributed by atoms with van der Waals surface area (Å²) in [5, 5.41) is 7.28. The minimum Gasteiger partial charge on any atom is -0.272 e.